The molecule has 0 aromatic heterocycles. The molecule has 2 fully saturated rings. The zero-order valence-corrected chi connectivity index (χ0v) is 15.1. The van der Waals surface area contributed by atoms with Gasteiger partial charge in [-0.25, -0.2) is 13.1 Å². The van der Waals surface area contributed by atoms with Crippen molar-refractivity contribution in [2.45, 2.75) is 57.0 Å². The fraction of sp³-hybridized carbons (Fsp3) is 0.667. The summed E-state index contributed by atoms with van der Waals surface area (Å²) in [7, 11) is -3.43. The van der Waals surface area contributed by atoms with Gasteiger partial charge >= 0.3 is 0 Å². The molecule has 1 saturated heterocycles. The van der Waals surface area contributed by atoms with Crippen LogP contribution in [0.1, 0.15) is 39.2 Å². The van der Waals surface area contributed by atoms with Crippen molar-refractivity contribution in [2.24, 2.45) is 11.8 Å². The molecule has 0 radical (unpaired) electrons. The van der Waals surface area contributed by atoms with Gasteiger partial charge in [0.05, 0.1) is 4.90 Å². The fourth-order valence-electron chi connectivity index (χ4n) is 3.44. The van der Waals surface area contributed by atoms with Crippen LogP contribution in [0.3, 0.4) is 0 Å². The lowest BCUT2D eigenvalue weighted by Crippen LogP contribution is -2.40. The van der Waals surface area contributed by atoms with Crippen LogP contribution in [0.5, 0.6) is 0 Å². The topological polar surface area (TPSA) is 49.4 Å². The predicted molar refractivity (Wildman–Crippen MR) is 92.9 cm³/mol. The van der Waals surface area contributed by atoms with Crippen LogP contribution in [-0.2, 0) is 16.4 Å². The molecule has 128 valence electrons. The molecule has 1 aliphatic carbocycles. The maximum absolute atomic E-state index is 12.6. The Balaban J connectivity index is 1.66. The summed E-state index contributed by atoms with van der Waals surface area (Å²) in [6.45, 7) is 8.32. The van der Waals surface area contributed by atoms with Crippen molar-refractivity contribution in [3.8, 4) is 0 Å². The average Bonchev–Trinajstić information content (AvgIpc) is 3.25. The number of nitrogens with one attached hydrogen (secondary N) is 1. The molecule has 0 amide bonds. The van der Waals surface area contributed by atoms with Crippen LogP contribution in [0.2, 0.25) is 0 Å². The Bertz CT molecular complexity index is 635. The van der Waals surface area contributed by atoms with Gasteiger partial charge in [0.25, 0.3) is 0 Å². The standard InChI is InChI=1S/C18H28N2O2S/c1-13(2)10-15-4-8-17(9-5-15)23(21,22)19-18-12-20(11-14(18)3)16-6-7-16/h4-5,8-9,13-14,16,18-19H,6-7,10-12H2,1-3H3/t14-,18-/m0/s1. The van der Waals surface area contributed by atoms with Crippen molar-refractivity contribution in [2.75, 3.05) is 13.1 Å². The maximum atomic E-state index is 12.6. The van der Waals surface area contributed by atoms with Crippen LogP contribution in [0.4, 0.5) is 0 Å². The predicted octanol–water partition coefficient (Wildman–Crippen LogP) is 2.65. The second kappa shape index (κ2) is 6.54. The molecule has 0 unspecified atom stereocenters. The first-order valence-electron chi connectivity index (χ1n) is 8.70. The third-order valence-corrected chi connectivity index (χ3v) is 6.39. The van der Waals surface area contributed by atoms with E-state index in [-0.39, 0.29) is 6.04 Å². The lowest BCUT2D eigenvalue weighted by Gasteiger charge is -2.17. The molecule has 1 aromatic carbocycles. The van der Waals surface area contributed by atoms with Crippen LogP contribution in [0.25, 0.3) is 0 Å². The van der Waals surface area contributed by atoms with Gasteiger partial charge < -0.3 is 0 Å². The van der Waals surface area contributed by atoms with Crippen molar-refractivity contribution in [3.05, 3.63) is 29.8 Å². The summed E-state index contributed by atoms with van der Waals surface area (Å²) in [4.78, 5) is 2.81. The van der Waals surface area contributed by atoms with Crippen molar-refractivity contribution in [1.29, 1.82) is 0 Å². The normalized spacial score (nSPS) is 26.1. The monoisotopic (exact) mass is 336 g/mol. The number of likely N-dealkylation sites (tertiary alicyclic amines) is 1. The Labute approximate surface area is 140 Å². The maximum Gasteiger partial charge on any atom is 0.240 e. The number of sulfonamides is 1. The first-order chi connectivity index (χ1) is 10.8. The Morgan fingerprint density at radius 1 is 1.17 bits per heavy atom. The molecule has 3 rings (SSSR count). The van der Waals surface area contributed by atoms with E-state index in [1.165, 1.54) is 18.4 Å². The molecule has 4 nitrogen and oxygen atoms in total. The van der Waals surface area contributed by atoms with Gasteiger partial charge in [-0.3, -0.25) is 4.90 Å². The van der Waals surface area contributed by atoms with Crippen LogP contribution in [0.15, 0.2) is 29.2 Å². The molecular formula is C18H28N2O2S. The number of nitrogens with zero attached hydrogens (tertiary/aromatic N) is 1. The molecule has 0 bridgehead atoms. The summed E-state index contributed by atoms with van der Waals surface area (Å²) in [5.74, 6) is 0.939. The van der Waals surface area contributed by atoms with Crippen molar-refractivity contribution >= 4 is 10.0 Å². The van der Waals surface area contributed by atoms with Crippen LogP contribution >= 0.6 is 0 Å². The van der Waals surface area contributed by atoms with E-state index in [9.17, 15) is 8.42 Å². The van der Waals surface area contributed by atoms with Crippen molar-refractivity contribution in [1.82, 2.24) is 9.62 Å². The van der Waals surface area contributed by atoms with E-state index < -0.39 is 10.0 Å². The molecule has 1 aliphatic heterocycles. The lowest BCUT2D eigenvalue weighted by molar-refractivity contribution is 0.315. The Morgan fingerprint density at radius 2 is 1.83 bits per heavy atom. The number of benzene rings is 1. The third-order valence-electron chi connectivity index (χ3n) is 4.89. The van der Waals surface area contributed by atoms with Crippen LogP contribution in [-0.4, -0.2) is 38.5 Å². The van der Waals surface area contributed by atoms with E-state index in [1.54, 1.807) is 12.1 Å². The van der Waals surface area contributed by atoms with Crippen LogP contribution in [0, 0.1) is 11.8 Å². The highest BCUT2D eigenvalue weighted by Crippen LogP contribution is 2.32. The summed E-state index contributed by atoms with van der Waals surface area (Å²) in [6, 6.07) is 8.06. The zero-order valence-electron chi connectivity index (χ0n) is 14.3. The van der Waals surface area contributed by atoms with E-state index >= 15 is 0 Å². The van der Waals surface area contributed by atoms with E-state index in [2.05, 4.69) is 30.4 Å². The molecule has 5 heteroatoms. The van der Waals surface area contributed by atoms with E-state index in [0.717, 1.165) is 19.5 Å². The highest BCUT2D eigenvalue weighted by molar-refractivity contribution is 7.89. The van der Waals surface area contributed by atoms with E-state index in [4.69, 9.17) is 0 Å². The summed E-state index contributed by atoms with van der Waals surface area (Å²) in [6.07, 6.45) is 3.51. The van der Waals surface area contributed by atoms with E-state index in [0.29, 0.717) is 22.8 Å². The molecule has 2 atom stereocenters. The SMILES string of the molecule is CC(C)Cc1ccc(S(=O)(=O)N[C@H]2CN(C3CC3)C[C@@H]2C)cc1. The summed E-state index contributed by atoms with van der Waals surface area (Å²) >= 11 is 0. The third kappa shape index (κ3) is 4.14. The molecule has 0 spiro atoms. The van der Waals surface area contributed by atoms with Crippen molar-refractivity contribution in [3.63, 3.8) is 0 Å². The van der Waals surface area contributed by atoms with Gasteiger partial charge in [-0.1, -0.05) is 32.9 Å². The first-order valence-corrected chi connectivity index (χ1v) is 10.2. The Hall–Kier alpha value is -0.910. The molecule has 1 saturated carbocycles. The zero-order chi connectivity index (χ0) is 16.6. The fourth-order valence-corrected chi connectivity index (χ4v) is 4.77. The summed E-state index contributed by atoms with van der Waals surface area (Å²) < 4.78 is 28.2. The van der Waals surface area contributed by atoms with Gasteiger partial charge in [0.1, 0.15) is 0 Å². The molecule has 2 aliphatic rings. The minimum Gasteiger partial charge on any atom is -0.298 e. The Kier molecular flexibility index (Phi) is 4.81. The van der Waals surface area contributed by atoms with Crippen LogP contribution < -0.4 is 4.72 Å². The second-order valence-electron chi connectivity index (χ2n) is 7.63. The molecule has 1 N–H and O–H groups in total. The average molecular weight is 337 g/mol. The van der Waals surface area contributed by atoms with Crippen molar-refractivity contribution < 1.29 is 8.42 Å². The van der Waals surface area contributed by atoms with E-state index in [1.807, 2.05) is 12.1 Å². The van der Waals surface area contributed by atoms with Gasteiger partial charge in [0.2, 0.25) is 10.0 Å². The summed E-state index contributed by atoms with van der Waals surface area (Å²) in [5.41, 5.74) is 1.19. The van der Waals surface area contributed by atoms with Gasteiger partial charge in [-0.2, -0.15) is 0 Å². The smallest absolute Gasteiger partial charge is 0.240 e. The molecular weight excluding hydrogens is 308 g/mol. The second-order valence-corrected chi connectivity index (χ2v) is 9.35. The Morgan fingerprint density at radius 3 is 2.39 bits per heavy atom. The van der Waals surface area contributed by atoms with Gasteiger partial charge in [0, 0.05) is 25.2 Å². The lowest BCUT2D eigenvalue weighted by atomic mass is 10.0. The van der Waals surface area contributed by atoms with Gasteiger partial charge in [-0.05, 0) is 48.8 Å². The number of rotatable bonds is 6. The number of hydrogen-bond acceptors (Lipinski definition) is 3. The summed E-state index contributed by atoms with van der Waals surface area (Å²) in [5, 5.41) is 0. The molecule has 1 heterocycles. The minimum absolute atomic E-state index is 0.0240. The minimum atomic E-state index is -3.43. The largest absolute Gasteiger partial charge is 0.298 e. The molecule has 23 heavy (non-hydrogen) atoms. The van der Waals surface area contributed by atoms with Gasteiger partial charge in [0.15, 0.2) is 0 Å². The quantitative estimate of drug-likeness (QED) is 0.869. The molecule has 1 aromatic rings. The highest BCUT2D eigenvalue weighted by Gasteiger charge is 2.39. The van der Waals surface area contributed by atoms with Gasteiger partial charge in [-0.15, -0.1) is 0 Å². The first kappa shape index (κ1) is 16.9. The highest BCUT2D eigenvalue weighted by atomic mass is 32.2. The number of hydrogen-bond donors (Lipinski definition) is 1.